The summed E-state index contributed by atoms with van der Waals surface area (Å²) in [6.45, 7) is 0. The molecular weight excluding hydrogens is 1760 g/mol. The molecule has 0 fully saturated rings. The normalized spacial score (nSPS) is 11.8. The van der Waals surface area contributed by atoms with Crippen molar-refractivity contribution in [2.75, 3.05) is 9.80 Å². The van der Waals surface area contributed by atoms with Crippen LogP contribution in [0.1, 0.15) is 0 Å². The maximum atomic E-state index is 6.25. The van der Waals surface area contributed by atoms with Crippen LogP contribution in [0.3, 0.4) is 0 Å². The molecule has 0 aliphatic rings. The molecule has 0 spiro atoms. The summed E-state index contributed by atoms with van der Waals surface area (Å²) in [6.07, 6.45) is 0. The number of hydrogen-bond donors (Lipinski definition) is 0. The Morgan fingerprint density at radius 3 is 0.917 bits per heavy atom. The highest BCUT2D eigenvalue weighted by Crippen LogP contribution is 2.50. The summed E-state index contributed by atoms with van der Waals surface area (Å²) < 4.78 is 13.7. The molecule has 0 saturated heterocycles. The lowest BCUT2D eigenvalue weighted by molar-refractivity contribution is 0.669. The molecule has 4 heterocycles. The zero-order chi connectivity index (χ0) is 94.8. The summed E-state index contributed by atoms with van der Waals surface area (Å²) in [7, 11) is 0. The molecule has 29 aromatic rings. The van der Waals surface area contributed by atoms with E-state index in [1.54, 1.807) is 0 Å². The van der Waals surface area contributed by atoms with Crippen LogP contribution in [0, 0.1) is 0 Å². The van der Waals surface area contributed by atoms with Crippen molar-refractivity contribution in [3.63, 3.8) is 0 Å². The number of aromatic nitrogens is 2. The van der Waals surface area contributed by atoms with E-state index in [1.807, 2.05) is 23.5 Å². The van der Waals surface area contributed by atoms with Gasteiger partial charge in [0.15, 0.2) is 0 Å². The quantitative estimate of drug-likeness (QED) is 0.0958. The number of benzene rings is 25. The second kappa shape index (κ2) is 34.7. The fourth-order valence-electron chi connectivity index (χ4n) is 22.7. The van der Waals surface area contributed by atoms with Gasteiger partial charge in [-0.1, -0.05) is 364 Å². The second-order valence-electron chi connectivity index (χ2n) is 37.6. The smallest absolute Gasteiger partial charge is 0.136 e. The number of anilines is 6. The summed E-state index contributed by atoms with van der Waals surface area (Å²) in [5, 5.41) is 25.2. The fourth-order valence-corrected chi connectivity index (χ4v) is 23.9. The molecule has 29 rings (SSSR count). The number of thiophene rings is 1. The average Bonchev–Trinajstić information content (AvgIpc) is 1.60. The predicted octanol–water partition coefficient (Wildman–Crippen LogP) is 39.4. The lowest BCUT2D eigenvalue weighted by atomic mass is 9.92. The largest absolute Gasteiger partial charge is 0.456 e. The van der Waals surface area contributed by atoms with Crippen molar-refractivity contribution in [1.82, 2.24) is 9.13 Å². The highest BCUT2D eigenvalue weighted by Gasteiger charge is 2.25. The predicted molar refractivity (Wildman–Crippen MR) is 614 cm³/mol. The van der Waals surface area contributed by atoms with E-state index in [1.165, 1.54) is 195 Å². The highest BCUT2D eigenvalue weighted by molar-refractivity contribution is 7.26. The molecule has 0 aliphatic carbocycles. The first-order valence-corrected chi connectivity index (χ1v) is 50.2. The van der Waals surface area contributed by atoms with Gasteiger partial charge >= 0.3 is 0 Å². The summed E-state index contributed by atoms with van der Waals surface area (Å²) in [4.78, 5) is 4.75. The lowest BCUT2D eigenvalue weighted by Crippen LogP contribution is -2.10. The highest BCUT2D eigenvalue weighted by atomic mass is 32.1. The minimum Gasteiger partial charge on any atom is -0.456 e. The molecule has 0 radical (unpaired) electrons. The number of fused-ring (bicyclic) bond motifs is 24. The van der Waals surface area contributed by atoms with Gasteiger partial charge in [0.25, 0.3) is 0 Å². The molecular formula is C138H88N4OS. The Morgan fingerprint density at radius 2 is 0.451 bits per heavy atom. The molecule has 0 aliphatic heterocycles. The lowest BCUT2D eigenvalue weighted by Gasteiger charge is -2.27. The van der Waals surface area contributed by atoms with Gasteiger partial charge in [-0.25, -0.2) is 0 Å². The summed E-state index contributed by atoms with van der Waals surface area (Å²) in [5.41, 5.74) is 32.1. The maximum absolute atomic E-state index is 6.25. The third kappa shape index (κ3) is 14.3. The van der Waals surface area contributed by atoms with Crippen LogP contribution in [0.5, 0.6) is 0 Å². The van der Waals surface area contributed by atoms with E-state index < -0.39 is 0 Å². The van der Waals surface area contributed by atoms with E-state index in [-0.39, 0.29) is 0 Å². The van der Waals surface area contributed by atoms with Crippen molar-refractivity contribution in [1.29, 1.82) is 0 Å². The summed E-state index contributed by atoms with van der Waals surface area (Å²) in [6, 6.07) is 195. The molecule has 0 N–H and O–H groups in total. The van der Waals surface area contributed by atoms with Gasteiger partial charge in [-0.05, 0) is 312 Å². The van der Waals surface area contributed by atoms with Gasteiger partial charge < -0.3 is 23.4 Å². The molecule has 0 unspecified atom stereocenters. The van der Waals surface area contributed by atoms with Crippen molar-refractivity contribution in [2.45, 2.75) is 0 Å². The standard InChI is InChI=1S/C72H46N2O.C66H42N2S/c1-3-14-47(15-4-1)52-33-42-68-66(45-52)67-46-53(34-43-69(67)74(68)57-37-28-48(29-38-57)51-32-41-63-61-20-8-7-18-59(61)60-19-9-10-21-62(60)65(63)44-51)49-26-35-55(36-27-49)73(54-16-5-2-6-17-54)56-39-30-50(31-40-56)58-23-13-25-71-72(58)64-22-11-12-24-70(64)75-71;1-2-13-43(14-3-1)44-25-33-49(34-26-44)67(63-22-12-24-65-66(63)58-20-9-11-23-64(58)69-65)50-35-27-46(28-36-50)48-32-40-62-60(42-48)57-19-8-10-21-61(57)68(62)51-37-29-45(30-38-51)47-31-39-56-54-17-5-4-15-52(54)53-16-6-7-18-55(53)59(56)41-47/h1-46H;1-42H. The maximum Gasteiger partial charge on any atom is 0.136 e. The number of furan rings is 1. The molecule has 25 aromatic carbocycles. The Kier molecular flexibility index (Phi) is 20.1. The van der Waals surface area contributed by atoms with Crippen molar-refractivity contribution < 1.29 is 4.42 Å². The first kappa shape index (κ1) is 83.4. The summed E-state index contributed by atoms with van der Waals surface area (Å²) >= 11 is 1.86. The number of hydrogen-bond acceptors (Lipinski definition) is 4. The fraction of sp³-hybridized carbons (Fsp3) is 0. The molecule has 0 amide bonds. The van der Waals surface area contributed by atoms with E-state index >= 15 is 0 Å². The Labute approximate surface area is 836 Å². The Morgan fingerprint density at radius 1 is 0.160 bits per heavy atom. The van der Waals surface area contributed by atoms with Gasteiger partial charge in [0.05, 0.1) is 27.8 Å². The molecule has 0 bridgehead atoms. The van der Waals surface area contributed by atoms with Gasteiger partial charge in [0.1, 0.15) is 11.2 Å². The van der Waals surface area contributed by atoms with E-state index in [0.717, 1.165) is 78.4 Å². The zero-order valence-electron chi connectivity index (χ0n) is 78.4. The molecule has 0 atom stereocenters. The minimum absolute atomic E-state index is 0.900. The van der Waals surface area contributed by atoms with Gasteiger partial charge in [0, 0.05) is 92.3 Å². The second-order valence-corrected chi connectivity index (χ2v) is 38.7. The van der Waals surface area contributed by atoms with Crippen molar-refractivity contribution in [2.24, 2.45) is 0 Å². The molecule has 0 saturated carbocycles. The van der Waals surface area contributed by atoms with Crippen LogP contribution in [-0.2, 0) is 0 Å². The van der Waals surface area contributed by atoms with E-state index in [0.29, 0.717) is 0 Å². The number of para-hydroxylation sites is 3. The number of rotatable bonds is 15. The Bertz CT molecular complexity index is 10000. The van der Waals surface area contributed by atoms with Crippen LogP contribution in [0.2, 0.25) is 0 Å². The van der Waals surface area contributed by atoms with Gasteiger partial charge in [-0.15, -0.1) is 11.3 Å². The van der Waals surface area contributed by atoms with Gasteiger partial charge in [-0.3, -0.25) is 0 Å². The molecule has 672 valence electrons. The zero-order valence-corrected chi connectivity index (χ0v) is 79.2. The Balaban J connectivity index is 0.000000141. The van der Waals surface area contributed by atoms with Crippen molar-refractivity contribution >= 4 is 196 Å². The van der Waals surface area contributed by atoms with Gasteiger partial charge in [0.2, 0.25) is 0 Å². The van der Waals surface area contributed by atoms with E-state index in [9.17, 15) is 0 Å². The van der Waals surface area contributed by atoms with E-state index in [4.69, 9.17) is 4.42 Å². The third-order valence-electron chi connectivity index (χ3n) is 29.6. The summed E-state index contributed by atoms with van der Waals surface area (Å²) in [5.74, 6) is 0. The van der Waals surface area contributed by atoms with E-state index in [2.05, 4.69) is 541 Å². The molecule has 6 heteroatoms. The van der Waals surface area contributed by atoms with Crippen molar-refractivity contribution in [3.05, 3.63) is 534 Å². The molecule has 5 nitrogen and oxygen atoms in total. The first-order chi connectivity index (χ1) is 71.4. The number of nitrogens with zero attached hydrogens (tertiary/aromatic N) is 4. The minimum atomic E-state index is 0.900. The van der Waals surface area contributed by atoms with Crippen LogP contribution in [-0.4, -0.2) is 9.13 Å². The SMILES string of the molecule is c1ccc(-c2ccc(N(c3ccc(-c4ccc5c(c4)c4ccccc4n5-c4ccc(-c5ccc6c7ccccc7c7ccccc7c6c5)cc4)cc3)c3cccc4sc5ccccc5c34)cc2)cc1.c1ccc(-c2ccc3c(c2)c2cc(-c4ccc(N(c5ccccc5)c5ccc(-c6cccc7oc8ccccc8c67)cc5)cc4)ccc2n3-c2ccc(-c3ccc4c5ccccc5c5ccccc5c4c3)cc2)cc1. The molecule has 4 aromatic heterocycles. The van der Waals surface area contributed by atoms with Crippen LogP contribution >= 0.6 is 11.3 Å². The van der Waals surface area contributed by atoms with Crippen LogP contribution in [0.15, 0.2) is 538 Å². The first-order valence-electron chi connectivity index (χ1n) is 49.4. The van der Waals surface area contributed by atoms with Crippen LogP contribution in [0.25, 0.3) is 240 Å². The van der Waals surface area contributed by atoms with Crippen molar-refractivity contribution in [3.8, 4) is 89.3 Å². The molecule has 144 heavy (non-hydrogen) atoms. The average molecular weight is 1850 g/mol. The van der Waals surface area contributed by atoms with Crippen LogP contribution in [0.4, 0.5) is 34.1 Å². The monoisotopic (exact) mass is 1850 g/mol. The van der Waals surface area contributed by atoms with Gasteiger partial charge in [-0.2, -0.15) is 0 Å². The topological polar surface area (TPSA) is 29.5 Å². The van der Waals surface area contributed by atoms with Crippen LogP contribution < -0.4 is 9.80 Å². The Hall–Kier alpha value is -18.7. The third-order valence-corrected chi connectivity index (χ3v) is 30.7.